The Morgan fingerprint density at radius 3 is 2.70 bits per heavy atom. The third-order valence-corrected chi connectivity index (χ3v) is 7.52. The van der Waals surface area contributed by atoms with Crippen LogP contribution in [0.3, 0.4) is 0 Å². The number of carbonyl (C=O) groups excluding carboxylic acids is 1. The molecule has 0 aliphatic carbocycles. The average Bonchev–Trinajstić information content (AvgIpc) is 3.54. The largest absolute Gasteiger partial charge is 0.478 e. The van der Waals surface area contributed by atoms with Gasteiger partial charge in [0.05, 0.1) is 22.3 Å². The Bertz CT molecular complexity index is 1590. The van der Waals surface area contributed by atoms with Gasteiger partial charge < -0.3 is 25.1 Å². The van der Waals surface area contributed by atoms with E-state index in [9.17, 15) is 14.7 Å². The van der Waals surface area contributed by atoms with Gasteiger partial charge in [-0.15, -0.1) is 0 Å². The Labute approximate surface area is 242 Å². The SMILES string of the molecule is Cc1ccc(C)c(NC(=O)CCN2C(=S)N[C@H](c3ccccn3)[C@@H]2c2ccc(-c3cc(C(=O)O)ccc3Cl)o2)c1. The predicted octanol–water partition coefficient (Wildman–Crippen LogP) is 6.31. The Hall–Kier alpha value is -4.21. The van der Waals surface area contributed by atoms with E-state index in [4.69, 9.17) is 28.2 Å². The number of carboxylic acids is 1. The summed E-state index contributed by atoms with van der Waals surface area (Å²) in [6.45, 7) is 4.27. The molecule has 0 radical (unpaired) electrons. The van der Waals surface area contributed by atoms with Crippen molar-refractivity contribution in [3.05, 3.63) is 106 Å². The Morgan fingerprint density at radius 2 is 1.95 bits per heavy atom. The van der Waals surface area contributed by atoms with Gasteiger partial charge in [0.25, 0.3) is 0 Å². The second kappa shape index (κ2) is 11.5. The van der Waals surface area contributed by atoms with Crippen molar-refractivity contribution in [1.29, 1.82) is 0 Å². The van der Waals surface area contributed by atoms with Gasteiger partial charge >= 0.3 is 5.97 Å². The van der Waals surface area contributed by atoms with E-state index < -0.39 is 12.0 Å². The van der Waals surface area contributed by atoms with Crippen LogP contribution in [-0.4, -0.2) is 38.5 Å². The van der Waals surface area contributed by atoms with Crippen LogP contribution in [0, 0.1) is 13.8 Å². The van der Waals surface area contributed by atoms with E-state index in [1.165, 1.54) is 18.2 Å². The van der Waals surface area contributed by atoms with E-state index in [0.29, 0.717) is 33.8 Å². The van der Waals surface area contributed by atoms with Crippen LogP contribution in [0.5, 0.6) is 0 Å². The van der Waals surface area contributed by atoms with Crippen LogP contribution in [0.1, 0.15) is 51.4 Å². The van der Waals surface area contributed by atoms with Crippen molar-refractivity contribution in [1.82, 2.24) is 15.2 Å². The first-order valence-corrected chi connectivity index (χ1v) is 13.5. The van der Waals surface area contributed by atoms with E-state index in [1.807, 2.05) is 61.2 Å². The molecule has 40 heavy (non-hydrogen) atoms. The maximum atomic E-state index is 12.9. The van der Waals surface area contributed by atoms with Crippen molar-refractivity contribution >= 4 is 46.5 Å². The summed E-state index contributed by atoms with van der Waals surface area (Å²) in [5.41, 5.74) is 4.16. The number of aromatic nitrogens is 1. The minimum absolute atomic E-state index is 0.101. The molecular formula is C30H27ClN4O4S. The zero-order valence-electron chi connectivity index (χ0n) is 21.8. The summed E-state index contributed by atoms with van der Waals surface area (Å²) >= 11 is 12.1. The van der Waals surface area contributed by atoms with Crippen molar-refractivity contribution in [2.45, 2.75) is 32.4 Å². The van der Waals surface area contributed by atoms with Crippen molar-refractivity contribution in [2.75, 3.05) is 11.9 Å². The third kappa shape index (κ3) is 5.71. The minimum Gasteiger partial charge on any atom is -0.478 e. The number of nitrogens with one attached hydrogen (secondary N) is 2. The number of amides is 1. The van der Waals surface area contributed by atoms with Crippen molar-refractivity contribution in [2.24, 2.45) is 0 Å². The number of aromatic carboxylic acids is 1. The maximum absolute atomic E-state index is 12.9. The molecule has 4 aromatic rings. The molecule has 2 aromatic carbocycles. The van der Waals surface area contributed by atoms with E-state index in [2.05, 4.69) is 15.6 Å². The zero-order valence-corrected chi connectivity index (χ0v) is 23.4. The highest BCUT2D eigenvalue weighted by Gasteiger charge is 2.41. The maximum Gasteiger partial charge on any atom is 0.335 e. The lowest BCUT2D eigenvalue weighted by molar-refractivity contribution is -0.116. The van der Waals surface area contributed by atoms with E-state index in [1.54, 1.807) is 12.3 Å². The number of nitrogens with zero attached hydrogens (tertiary/aromatic N) is 2. The van der Waals surface area contributed by atoms with Crippen LogP contribution in [0.15, 0.2) is 77.3 Å². The topological polar surface area (TPSA) is 108 Å². The molecule has 1 aliphatic rings. The molecule has 5 rings (SSSR count). The van der Waals surface area contributed by atoms with Gasteiger partial charge in [-0.05, 0) is 85.7 Å². The summed E-state index contributed by atoms with van der Waals surface area (Å²) in [5.74, 6) is -0.192. The number of hydrogen-bond donors (Lipinski definition) is 3. The van der Waals surface area contributed by atoms with Gasteiger partial charge in [0.15, 0.2) is 5.11 Å². The third-order valence-electron chi connectivity index (χ3n) is 6.84. The van der Waals surface area contributed by atoms with Crippen LogP contribution in [0.4, 0.5) is 5.69 Å². The van der Waals surface area contributed by atoms with Crippen molar-refractivity contribution in [3.8, 4) is 11.3 Å². The van der Waals surface area contributed by atoms with Gasteiger partial charge in [0.1, 0.15) is 17.6 Å². The fourth-order valence-electron chi connectivity index (χ4n) is 4.76. The average molecular weight is 575 g/mol. The number of thiocarbonyl (C=S) groups is 1. The number of carbonyl (C=O) groups is 2. The smallest absolute Gasteiger partial charge is 0.335 e. The molecule has 1 aliphatic heterocycles. The molecule has 2 atom stereocenters. The van der Waals surface area contributed by atoms with Gasteiger partial charge in [-0.3, -0.25) is 9.78 Å². The number of anilines is 1. The number of hydrogen-bond acceptors (Lipinski definition) is 5. The summed E-state index contributed by atoms with van der Waals surface area (Å²) in [4.78, 5) is 30.9. The van der Waals surface area contributed by atoms with Crippen LogP contribution in [-0.2, 0) is 4.79 Å². The summed E-state index contributed by atoms with van der Waals surface area (Å²) in [5, 5.41) is 16.6. The minimum atomic E-state index is -1.06. The van der Waals surface area contributed by atoms with Gasteiger partial charge in [0, 0.05) is 30.4 Å². The summed E-state index contributed by atoms with van der Waals surface area (Å²) in [7, 11) is 0. The van der Waals surface area contributed by atoms with Crippen LogP contribution >= 0.6 is 23.8 Å². The molecule has 2 aromatic heterocycles. The van der Waals surface area contributed by atoms with Gasteiger partial charge in [-0.25, -0.2) is 4.79 Å². The highest BCUT2D eigenvalue weighted by atomic mass is 35.5. The number of furan rings is 1. The molecule has 0 bridgehead atoms. The molecule has 204 valence electrons. The normalized spacial score (nSPS) is 16.6. The molecule has 10 heteroatoms. The van der Waals surface area contributed by atoms with E-state index in [0.717, 1.165) is 22.5 Å². The number of carboxylic acid groups (broad SMARTS) is 1. The highest BCUT2D eigenvalue weighted by molar-refractivity contribution is 7.80. The number of pyridine rings is 1. The zero-order chi connectivity index (χ0) is 28.4. The van der Waals surface area contributed by atoms with Gasteiger partial charge in [0.2, 0.25) is 5.91 Å². The number of benzene rings is 2. The Morgan fingerprint density at radius 1 is 1.12 bits per heavy atom. The lowest BCUT2D eigenvalue weighted by atomic mass is 10.0. The summed E-state index contributed by atoms with van der Waals surface area (Å²) in [6, 6.07) is 18.9. The first-order chi connectivity index (χ1) is 19.2. The van der Waals surface area contributed by atoms with Crippen molar-refractivity contribution in [3.63, 3.8) is 0 Å². The number of aryl methyl sites for hydroxylation is 2. The molecule has 1 saturated heterocycles. The van der Waals surface area contributed by atoms with Crippen LogP contribution in [0.25, 0.3) is 11.3 Å². The molecule has 0 spiro atoms. The summed E-state index contributed by atoms with van der Waals surface area (Å²) < 4.78 is 6.28. The molecule has 3 N–H and O–H groups in total. The van der Waals surface area contributed by atoms with Crippen molar-refractivity contribution < 1.29 is 19.1 Å². The monoisotopic (exact) mass is 574 g/mol. The fraction of sp³-hybridized carbons (Fsp3) is 0.200. The standard InChI is InChI=1S/C30H27ClN4O4S/c1-17-6-7-18(2)23(15-17)33-26(36)12-14-35-28(27(34-30(35)40)22-5-3-4-13-32-22)25-11-10-24(39-25)20-16-19(29(37)38)8-9-21(20)31/h3-11,13,15-16,27-28H,12,14H2,1-2H3,(H,33,36)(H,34,40)(H,37,38)/t27-,28+/m1/s1. The van der Waals surface area contributed by atoms with Gasteiger partial charge in [-0.2, -0.15) is 0 Å². The molecule has 3 heterocycles. The lowest BCUT2D eigenvalue weighted by Crippen LogP contribution is -2.32. The number of halogens is 1. The van der Waals surface area contributed by atoms with Gasteiger partial charge in [-0.1, -0.05) is 29.8 Å². The van der Waals surface area contributed by atoms with Crippen LogP contribution in [0.2, 0.25) is 5.02 Å². The highest BCUT2D eigenvalue weighted by Crippen LogP contribution is 2.41. The number of rotatable bonds is 8. The molecule has 0 unspecified atom stereocenters. The predicted molar refractivity (Wildman–Crippen MR) is 157 cm³/mol. The molecular weight excluding hydrogens is 548 g/mol. The van der Waals surface area contributed by atoms with Crippen LogP contribution < -0.4 is 10.6 Å². The Kier molecular flexibility index (Phi) is 7.86. The molecule has 1 amide bonds. The summed E-state index contributed by atoms with van der Waals surface area (Å²) in [6.07, 6.45) is 1.91. The van der Waals surface area contributed by atoms with E-state index >= 15 is 0 Å². The first-order valence-electron chi connectivity index (χ1n) is 12.7. The second-order valence-electron chi connectivity index (χ2n) is 9.64. The molecule has 1 fully saturated rings. The molecule has 8 nitrogen and oxygen atoms in total. The molecule has 0 saturated carbocycles. The Balaban J connectivity index is 1.43. The van der Waals surface area contributed by atoms with E-state index in [-0.39, 0.29) is 23.9 Å². The first kappa shape index (κ1) is 27.4. The quantitative estimate of drug-likeness (QED) is 0.210. The fourth-order valence-corrected chi connectivity index (χ4v) is 5.31. The lowest BCUT2D eigenvalue weighted by Gasteiger charge is -2.26. The second-order valence-corrected chi connectivity index (χ2v) is 10.4.